The van der Waals surface area contributed by atoms with Gasteiger partial charge < -0.3 is 19.7 Å². The number of hydrogen-bond acceptors (Lipinski definition) is 5. The largest absolute Gasteiger partial charge is 0.389 e. The van der Waals surface area contributed by atoms with Gasteiger partial charge in [-0.05, 0) is 19.1 Å². The highest BCUT2D eigenvalue weighted by Gasteiger charge is 2.39. The fourth-order valence-electron chi connectivity index (χ4n) is 1.87. The van der Waals surface area contributed by atoms with Crippen molar-refractivity contribution in [2.75, 3.05) is 13.7 Å². The van der Waals surface area contributed by atoms with Gasteiger partial charge in [-0.2, -0.15) is 0 Å². The summed E-state index contributed by atoms with van der Waals surface area (Å²) in [7, 11) is 1.54. The van der Waals surface area contributed by atoms with Gasteiger partial charge in [-0.25, -0.2) is 0 Å². The smallest absolute Gasteiger partial charge is 0.172 e. The molecule has 0 bridgehead atoms. The lowest BCUT2D eigenvalue weighted by Gasteiger charge is -2.36. The molecular formula is C13H18O4S. The highest BCUT2D eigenvalue weighted by molar-refractivity contribution is 8.00. The minimum Gasteiger partial charge on any atom is -0.389 e. The zero-order valence-electron chi connectivity index (χ0n) is 10.4. The second kappa shape index (κ2) is 6.04. The number of ether oxygens (including phenoxy) is 2. The SMILES string of the molecule is CO[C@@H]1OC[C@@H](O)[C@@H](O)[C@@H]1Sc1ccc(C)cc1. The maximum atomic E-state index is 10.0. The van der Waals surface area contributed by atoms with E-state index in [1.807, 2.05) is 31.2 Å². The van der Waals surface area contributed by atoms with E-state index in [1.54, 1.807) is 0 Å². The lowest BCUT2D eigenvalue weighted by Crippen LogP contribution is -2.51. The molecule has 1 aliphatic heterocycles. The van der Waals surface area contributed by atoms with E-state index < -0.39 is 18.5 Å². The molecule has 0 radical (unpaired) electrons. The number of aryl methyl sites for hydroxylation is 1. The molecule has 0 spiro atoms. The summed E-state index contributed by atoms with van der Waals surface area (Å²) in [4.78, 5) is 1.02. The van der Waals surface area contributed by atoms with Crippen molar-refractivity contribution in [3.63, 3.8) is 0 Å². The van der Waals surface area contributed by atoms with Crippen LogP contribution >= 0.6 is 11.8 Å². The number of rotatable bonds is 3. The van der Waals surface area contributed by atoms with Gasteiger partial charge >= 0.3 is 0 Å². The van der Waals surface area contributed by atoms with Gasteiger partial charge in [-0.15, -0.1) is 11.8 Å². The molecule has 1 saturated heterocycles. The van der Waals surface area contributed by atoms with Gasteiger partial charge in [-0.1, -0.05) is 17.7 Å². The molecule has 18 heavy (non-hydrogen) atoms. The van der Waals surface area contributed by atoms with Crippen molar-refractivity contribution in [1.29, 1.82) is 0 Å². The van der Waals surface area contributed by atoms with Crippen LogP contribution in [-0.2, 0) is 9.47 Å². The summed E-state index contributed by atoms with van der Waals surface area (Å²) in [5.74, 6) is 0. The van der Waals surface area contributed by atoms with Crippen LogP contribution in [0.1, 0.15) is 5.56 Å². The number of methoxy groups -OCH3 is 1. The first-order valence-corrected chi connectivity index (χ1v) is 6.73. The third-order valence-electron chi connectivity index (χ3n) is 2.96. The van der Waals surface area contributed by atoms with Crippen LogP contribution in [0.5, 0.6) is 0 Å². The van der Waals surface area contributed by atoms with Crippen molar-refractivity contribution >= 4 is 11.8 Å². The quantitative estimate of drug-likeness (QED) is 0.864. The third kappa shape index (κ3) is 3.05. The van der Waals surface area contributed by atoms with Gasteiger partial charge in [0.15, 0.2) is 6.29 Å². The Bertz CT molecular complexity index is 379. The second-order valence-electron chi connectivity index (χ2n) is 4.39. The molecule has 0 aliphatic carbocycles. The highest BCUT2D eigenvalue weighted by atomic mass is 32.2. The molecule has 4 atom stereocenters. The first-order chi connectivity index (χ1) is 8.61. The van der Waals surface area contributed by atoms with Gasteiger partial charge in [0.05, 0.1) is 18.0 Å². The minimum atomic E-state index is -0.862. The lowest BCUT2D eigenvalue weighted by molar-refractivity contribution is -0.201. The molecule has 1 aromatic rings. The van der Waals surface area contributed by atoms with Gasteiger partial charge in [0.1, 0.15) is 6.10 Å². The Kier molecular flexibility index (Phi) is 4.64. The standard InChI is InChI=1S/C13H18O4S/c1-8-3-5-9(6-4-8)18-12-11(15)10(14)7-17-13(12)16-2/h3-6,10-15H,7H2,1-2H3/t10-,11-,12+,13-/m1/s1. The molecule has 100 valence electrons. The maximum Gasteiger partial charge on any atom is 0.172 e. The van der Waals surface area contributed by atoms with Crippen molar-refractivity contribution in [2.24, 2.45) is 0 Å². The van der Waals surface area contributed by atoms with Crippen LogP contribution in [0.2, 0.25) is 0 Å². The van der Waals surface area contributed by atoms with Crippen LogP contribution in [0.4, 0.5) is 0 Å². The third-order valence-corrected chi connectivity index (χ3v) is 4.27. The number of thioether (sulfide) groups is 1. The van der Waals surface area contributed by atoms with Crippen molar-refractivity contribution in [3.05, 3.63) is 29.8 Å². The van der Waals surface area contributed by atoms with Crippen LogP contribution < -0.4 is 0 Å². The van der Waals surface area contributed by atoms with Crippen molar-refractivity contribution in [3.8, 4) is 0 Å². The zero-order valence-corrected chi connectivity index (χ0v) is 11.3. The van der Waals surface area contributed by atoms with Gasteiger partial charge in [0.25, 0.3) is 0 Å². The molecule has 1 fully saturated rings. The number of hydrogen-bond donors (Lipinski definition) is 2. The first-order valence-electron chi connectivity index (χ1n) is 5.85. The summed E-state index contributed by atoms with van der Waals surface area (Å²) in [6, 6.07) is 7.99. The summed E-state index contributed by atoms with van der Waals surface area (Å²) < 4.78 is 10.6. The molecule has 4 nitrogen and oxygen atoms in total. The van der Waals surface area contributed by atoms with Gasteiger partial charge in [-0.3, -0.25) is 0 Å². The summed E-state index contributed by atoms with van der Waals surface area (Å²) in [5, 5.41) is 19.3. The highest BCUT2D eigenvalue weighted by Crippen LogP contribution is 2.33. The van der Waals surface area contributed by atoms with E-state index in [4.69, 9.17) is 9.47 Å². The molecule has 2 N–H and O–H groups in total. The summed E-state index contributed by atoms with van der Waals surface area (Å²) in [6.45, 7) is 2.12. The van der Waals surface area contributed by atoms with E-state index in [9.17, 15) is 10.2 Å². The Morgan fingerprint density at radius 3 is 2.56 bits per heavy atom. The molecule has 0 saturated carbocycles. The maximum absolute atomic E-state index is 10.0. The lowest BCUT2D eigenvalue weighted by atomic mass is 10.1. The summed E-state index contributed by atoms with van der Waals surface area (Å²) in [6.07, 6.45) is -2.22. The predicted octanol–water partition coefficient (Wildman–Crippen LogP) is 1.18. The number of aliphatic hydroxyl groups excluding tert-OH is 2. The monoisotopic (exact) mass is 270 g/mol. The normalized spacial score (nSPS) is 32.4. The summed E-state index contributed by atoms with van der Waals surface area (Å²) in [5.41, 5.74) is 1.18. The van der Waals surface area contributed by atoms with E-state index in [-0.39, 0.29) is 11.9 Å². The molecule has 5 heteroatoms. The fourth-order valence-corrected chi connectivity index (χ4v) is 3.10. The molecule has 0 aromatic heterocycles. The Hall–Kier alpha value is -0.590. The van der Waals surface area contributed by atoms with Crippen LogP contribution in [0, 0.1) is 6.92 Å². The molecule has 0 amide bonds. The van der Waals surface area contributed by atoms with E-state index in [0.717, 1.165) is 4.90 Å². The van der Waals surface area contributed by atoms with Crippen molar-refractivity contribution < 1.29 is 19.7 Å². The average Bonchev–Trinajstić information content (AvgIpc) is 2.38. The Labute approximate surface area is 111 Å². The van der Waals surface area contributed by atoms with Crippen LogP contribution in [0.15, 0.2) is 29.2 Å². The fraction of sp³-hybridized carbons (Fsp3) is 0.538. The zero-order chi connectivity index (χ0) is 13.1. The first kappa shape index (κ1) is 13.8. The molecular weight excluding hydrogens is 252 g/mol. The van der Waals surface area contributed by atoms with Crippen molar-refractivity contribution in [1.82, 2.24) is 0 Å². The average molecular weight is 270 g/mol. The molecule has 1 heterocycles. The Morgan fingerprint density at radius 1 is 1.28 bits per heavy atom. The Morgan fingerprint density at radius 2 is 1.94 bits per heavy atom. The van der Waals surface area contributed by atoms with E-state index in [1.165, 1.54) is 24.4 Å². The molecule has 0 unspecified atom stereocenters. The van der Waals surface area contributed by atoms with Gasteiger partial charge in [0.2, 0.25) is 0 Å². The van der Waals surface area contributed by atoms with Crippen LogP contribution in [-0.4, -0.2) is 47.7 Å². The number of benzene rings is 1. The molecule has 1 aliphatic rings. The van der Waals surface area contributed by atoms with E-state index in [0.29, 0.717) is 0 Å². The van der Waals surface area contributed by atoms with Crippen molar-refractivity contribution in [2.45, 2.75) is 35.6 Å². The predicted molar refractivity (Wildman–Crippen MR) is 69.6 cm³/mol. The van der Waals surface area contributed by atoms with E-state index >= 15 is 0 Å². The summed E-state index contributed by atoms with van der Waals surface area (Å²) >= 11 is 1.46. The van der Waals surface area contributed by atoms with Gasteiger partial charge in [0, 0.05) is 12.0 Å². The second-order valence-corrected chi connectivity index (χ2v) is 5.64. The van der Waals surface area contributed by atoms with Crippen LogP contribution in [0.25, 0.3) is 0 Å². The minimum absolute atomic E-state index is 0.102. The van der Waals surface area contributed by atoms with E-state index in [2.05, 4.69) is 0 Å². The topological polar surface area (TPSA) is 58.9 Å². The van der Waals surface area contributed by atoms with Crippen LogP contribution in [0.3, 0.4) is 0 Å². The molecule has 1 aromatic carbocycles. The number of aliphatic hydroxyl groups is 2. The molecule has 2 rings (SSSR count). The Balaban J connectivity index is 2.10.